The van der Waals surface area contributed by atoms with Crippen molar-refractivity contribution < 1.29 is 23.2 Å². The molecule has 8 nitrogen and oxygen atoms in total. The number of hydrogen-bond acceptors (Lipinski definition) is 6. The summed E-state index contributed by atoms with van der Waals surface area (Å²) in [5.74, 6) is -1.00. The summed E-state index contributed by atoms with van der Waals surface area (Å²) in [5, 5.41) is 24.8. The zero-order chi connectivity index (χ0) is 26.3. The van der Waals surface area contributed by atoms with Gasteiger partial charge in [-0.15, -0.1) is 0 Å². The van der Waals surface area contributed by atoms with Crippen LogP contribution in [0.3, 0.4) is 0 Å². The van der Waals surface area contributed by atoms with Crippen molar-refractivity contribution in [1.29, 1.82) is 0 Å². The molecule has 0 spiro atoms. The van der Waals surface area contributed by atoms with Crippen LogP contribution >= 0.6 is 31.9 Å². The van der Waals surface area contributed by atoms with Gasteiger partial charge in [-0.3, -0.25) is 14.9 Å². The van der Waals surface area contributed by atoms with Crippen molar-refractivity contribution in [2.75, 3.05) is 5.32 Å². The van der Waals surface area contributed by atoms with Crippen molar-refractivity contribution in [2.24, 2.45) is 0 Å². The first-order chi connectivity index (χ1) is 16.1. The highest BCUT2D eigenvalue weighted by Gasteiger charge is 2.32. The second kappa shape index (κ2) is 9.71. The molecular formula is C24H22Br2N2O6S. The quantitative estimate of drug-likeness (QED) is 0.246. The van der Waals surface area contributed by atoms with E-state index >= 15 is 0 Å². The van der Waals surface area contributed by atoms with Gasteiger partial charge in [-0.2, -0.15) is 0 Å². The number of nitrogens with one attached hydrogen (secondary N) is 1. The highest BCUT2D eigenvalue weighted by atomic mass is 79.9. The Hall–Kier alpha value is -2.76. The Labute approximate surface area is 219 Å². The fourth-order valence-corrected chi connectivity index (χ4v) is 6.19. The molecule has 1 amide bonds. The van der Waals surface area contributed by atoms with E-state index in [0.29, 0.717) is 10.2 Å². The van der Waals surface area contributed by atoms with E-state index in [4.69, 9.17) is 0 Å². The van der Waals surface area contributed by atoms with Crippen molar-refractivity contribution in [3.63, 3.8) is 0 Å². The summed E-state index contributed by atoms with van der Waals surface area (Å²) in [6.07, 6.45) is 0. The Kier molecular flexibility index (Phi) is 7.45. The third-order valence-corrected chi connectivity index (χ3v) is 8.42. The fourth-order valence-electron chi connectivity index (χ4n) is 3.52. The minimum Gasteiger partial charge on any atom is -0.507 e. The van der Waals surface area contributed by atoms with Crippen molar-refractivity contribution >= 4 is 59.0 Å². The smallest absolute Gasteiger partial charge is 0.269 e. The fraction of sp³-hybridized carbons (Fsp3) is 0.208. The molecule has 0 radical (unpaired) electrons. The summed E-state index contributed by atoms with van der Waals surface area (Å²) in [7, 11) is -4.18. The SMILES string of the molecule is Cc1c(S(=O)(=O)c2ccc([N+](=O)[O-])cc2)cc(C(C)(C)C)c(O)c1C(=O)Nc1ccc(Br)cc1Br. The number of benzene rings is 3. The Morgan fingerprint density at radius 1 is 1.06 bits per heavy atom. The van der Waals surface area contributed by atoms with Gasteiger partial charge in [-0.25, -0.2) is 8.42 Å². The molecule has 3 aromatic rings. The summed E-state index contributed by atoms with van der Waals surface area (Å²) >= 11 is 6.71. The van der Waals surface area contributed by atoms with E-state index in [1.807, 2.05) is 0 Å². The zero-order valence-electron chi connectivity index (χ0n) is 19.2. The van der Waals surface area contributed by atoms with Crippen LogP contribution in [0.1, 0.15) is 42.3 Å². The number of non-ortho nitro benzene ring substituents is 1. The van der Waals surface area contributed by atoms with Gasteiger partial charge in [0, 0.05) is 26.6 Å². The lowest BCUT2D eigenvalue weighted by Gasteiger charge is -2.25. The highest BCUT2D eigenvalue weighted by molar-refractivity contribution is 9.11. The van der Waals surface area contributed by atoms with Crippen LogP contribution in [-0.2, 0) is 15.3 Å². The summed E-state index contributed by atoms with van der Waals surface area (Å²) in [5.41, 5.74) is -0.374. The number of aromatic hydroxyl groups is 1. The number of hydrogen-bond donors (Lipinski definition) is 2. The topological polar surface area (TPSA) is 127 Å². The van der Waals surface area contributed by atoms with E-state index in [1.165, 1.54) is 13.0 Å². The molecule has 2 N–H and O–H groups in total. The van der Waals surface area contributed by atoms with Crippen LogP contribution in [0.25, 0.3) is 0 Å². The molecule has 35 heavy (non-hydrogen) atoms. The van der Waals surface area contributed by atoms with E-state index in [-0.39, 0.29) is 37.9 Å². The monoisotopic (exact) mass is 624 g/mol. The number of phenols is 1. The van der Waals surface area contributed by atoms with Gasteiger partial charge in [0.25, 0.3) is 11.6 Å². The third-order valence-electron chi connectivity index (χ3n) is 5.37. The maximum absolute atomic E-state index is 13.6. The number of nitrogens with zero attached hydrogens (tertiary/aromatic N) is 1. The van der Waals surface area contributed by atoms with Gasteiger partial charge in [0.2, 0.25) is 9.84 Å². The summed E-state index contributed by atoms with van der Waals surface area (Å²) in [6.45, 7) is 6.79. The van der Waals surface area contributed by atoms with E-state index in [1.54, 1.807) is 39.0 Å². The van der Waals surface area contributed by atoms with Crippen LogP contribution in [-0.4, -0.2) is 24.4 Å². The third kappa shape index (κ3) is 5.41. The predicted octanol–water partition coefficient (Wildman–Crippen LogP) is 6.52. The van der Waals surface area contributed by atoms with Crippen LogP contribution in [0.2, 0.25) is 0 Å². The lowest BCUT2D eigenvalue weighted by Crippen LogP contribution is -2.20. The molecule has 0 aliphatic carbocycles. The number of phenolic OH excluding ortho intramolecular Hbond substituents is 1. The van der Waals surface area contributed by atoms with E-state index in [9.17, 15) is 28.4 Å². The van der Waals surface area contributed by atoms with E-state index in [0.717, 1.165) is 28.7 Å². The molecule has 11 heteroatoms. The van der Waals surface area contributed by atoms with Gasteiger partial charge in [0.15, 0.2) is 0 Å². The molecule has 3 rings (SSSR count). The Balaban J connectivity index is 2.22. The molecule has 0 saturated heterocycles. The van der Waals surface area contributed by atoms with Gasteiger partial charge in [-0.1, -0.05) is 36.7 Å². The van der Waals surface area contributed by atoms with Crippen molar-refractivity contribution in [3.8, 4) is 5.75 Å². The molecule has 0 unspecified atom stereocenters. The second-order valence-corrected chi connectivity index (χ2v) is 12.5. The number of carbonyl (C=O) groups is 1. The standard InChI is InChI=1S/C24H22Br2N2O6S/c1-13-20(35(33,34)16-8-6-15(7-9-16)28(31)32)12-17(24(2,3)4)22(29)21(13)23(30)27-19-10-5-14(25)11-18(19)26/h5-12,29H,1-4H3,(H,27,30). The average molecular weight is 626 g/mol. The average Bonchev–Trinajstić information content (AvgIpc) is 2.74. The van der Waals surface area contributed by atoms with Gasteiger partial charge in [0.1, 0.15) is 5.75 Å². The Bertz CT molecular complexity index is 1450. The van der Waals surface area contributed by atoms with Gasteiger partial charge < -0.3 is 10.4 Å². The van der Waals surface area contributed by atoms with Crippen molar-refractivity contribution in [2.45, 2.75) is 42.9 Å². The van der Waals surface area contributed by atoms with Gasteiger partial charge in [-0.05, 0) is 70.2 Å². The molecule has 0 aliphatic rings. The minimum atomic E-state index is -4.18. The van der Waals surface area contributed by atoms with Crippen molar-refractivity contribution in [3.05, 3.63) is 84.3 Å². The lowest BCUT2D eigenvalue weighted by molar-refractivity contribution is -0.384. The maximum Gasteiger partial charge on any atom is 0.269 e. The summed E-state index contributed by atoms with van der Waals surface area (Å²) < 4.78 is 28.5. The van der Waals surface area contributed by atoms with Gasteiger partial charge in [0.05, 0.1) is 26.0 Å². The maximum atomic E-state index is 13.6. The Morgan fingerprint density at radius 2 is 1.66 bits per heavy atom. The number of sulfone groups is 1. The van der Waals surface area contributed by atoms with Crippen LogP contribution in [0.4, 0.5) is 11.4 Å². The molecule has 0 atom stereocenters. The largest absolute Gasteiger partial charge is 0.507 e. The first kappa shape index (κ1) is 26.8. The lowest BCUT2D eigenvalue weighted by atomic mass is 9.84. The first-order valence-corrected chi connectivity index (χ1v) is 13.3. The zero-order valence-corrected chi connectivity index (χ0v) is 23.2. The number of anilines is 1. The number of nitro groups is 1. The minimum absolute atomic E-state index is 0.0552. The number of rotatable bonds is 5. The number of amides is 1. The second-order valence-electron chi connectivity index (χ2n) is 8.85. The molecular weight excluding hydrogens is 604 g/mol. The number of halogens is 2. The molecule has 0 fully saturated rings. The molecule has 0 heterocycles. The van der Waals surface area contributed by atoms with Gasteiger partial charge >= 0.3 is 0 Å². The molecule has 0 aliphatic heterocycles. The highest BCUT2D eigenvalue weighted by Crippen LogP contribution is 2.40. The molecule has 0 bridgehead atoms. The number of carbonyl (C=O) groups excluding carboxylic acids is 1. The van der Waals surface area contributed by atoms with Crippen LogP contribution in [0, 0.1) is 17.0 Å². The molecule has 3 aromatic carbocycles. The predicted molar refractivity (Wildman–Crippen MR) is 140 cm³/mol. The number of nitro benzene ring substituents is 1. The van der Waals surface area contributed by atoms with Crippen LogP contribution in [0.5, 0.6) is 5.75 Å². The molecule has 0 aromatic heterocycles. The Morgan fingerprint density at radius 3 is 2.17 bits per heavy atom. The van der Waals surface area contributed by atoms with Crippen LogP contribution < -0.4 is 5.32 Å². The van der Waals surface area contributed by atoms with E-state index < -0.39 is 26.1 Å². The normalized spacial score (nSPS) is 11.8. The summed E-state index contributed by atoms with van der Waals surface area (Å²) in [6, 6.07) is 11.0. The molecule has 184 valence electrons. The van der Waals surface area contributed by atoms with E-state index in [2.05, 4.69) is 37.2 Å². The van der Waals surface area contributed by atoms with Crippen molar-refractivity contribution in [1.82, 2.24) is 0 Å². The van der Waals surface area contributed by atoms with Crippen LogP contribution in [0.15, 0.2) is 67.3 Å². The molecule has 0 saturated carbocycles. The summed E-state index contributed by atoms with van der Waals surface area (Å²) in [4.78, 5) is 23.3. The first-order valence-electron chi connectivity index (χ1n) is 10.3.